The monoisotopic (exact) mass is 1580 g/mol. The standard InChI is InChI=1S/C27H32N4O2.C25H21N3O2S.C21H19N3O3.C21H21N3O2/c1-4-33-26-17-25(29-24(26)16-23-18(2)15-19(3)28-23)27-21(9-10-31-11-13-32-14-12-31)20-7-5-6-8-22(20)30-27;1-14-10-15(2)26-19(14)11-20-22(30-3)12-21(27-20)24-23(25(29)16-8-9-31-13-16)17-6-4-5-7-18(17)28-24;1-11-8-12(2)22-15(11)9-16-18(27-3)10-17(23-16)20-19(21(25)26)13-6-4-5-7-14(13)24-20;1-12-7-13(2)22-17(12)10-20-21(26-4)11-19(24-20)18-9-14-8-15(25-3)5-6-16(14)23-18/h5-8,15-17,28-29H,4,9-14H2,1-3H3;4-13,26-27H,1-3H3;4-10,22-23H,1-3H3,(H,25,26);5-11,22,24H,1-4H3/b24-16-,27-25?;20-11-,24-21?;16-9-,20-17?;19-18?,20-10-. The molecule has 0 atom stereocenters. The molecule has 0 radical (unpaired) electrons. The first-order valence-electron chi connectivity index (χ1n) is 38.8. The highest BCUT2D eigenvalue weighted by atomic mass is 32.1. The van der Waals surface area contributed by atoms with Crippen LogP contribution in [0.2, 0.25) is 0 Å². The van der Waals surface area contributed by atoms with E-state index in [-0.39, 0.29) is 11.4 Å². The lowest BCUT2D eigenvalue weighted by molar-refractivity contribution is -0.130. The predicted octanol–water partition coefficient (Wildman–Crippen LogP) is 5.34. The summed E-state index contributed by atoms with van der Waals surface area (Å²) in [6.45, 7) is 23.7. The molecule has 1 saturated heterocycles. The normalized spacial score (nSPS) is 16.3. The Kier molecular flexibility index (Phi) is 23.1. The topological polar surface area (TPSA) is 289 Å². The van der Waals surface area contributed by atoms with Crippen LogP contribution < -0.4 is 109 Å². The molecule has 0 amide bonds. The number of methoxy groups -OCH3 is 4. The van der Waals surface area contributed by atoms with E-state index in [9.17, 15) is 14.7 Å². The van der Waals surface area contributed by atoms with Crippen molar-refractivity contribution in [3.8, 4) is 28.7 Å². The molecule has 18 rings (SSSR count). The Bertz CT molecular complexity index is 7190. The number of carboxylic acid groups (broad SMARTS) is 1. The van der Waals surface area contributed by atoms with Crippen molar-refractivity contribution in [1.82, 2.24) is 44.8 Å². The summed E-state index contributed by atoms with van der Waals surface area (Å²) < 4.78 is 33.5. The van der Waals surface area contributed by atoms with Gasteiger partial charge in [0.2, 0.25) is 0 Å². The van der Waals surface area contributed by atoms with Crippen molar-refractivity contribution in [3.05, 3.63) is 315 Å². The van der Waals surface area contributed by atoms with Gasteiger partial charge in [-0.2, -0.15) is 11.3 Å². The smallest absolute Gasteiger partial charge is 0.338 e. The summed E-state index contributed by atoms with van der Waals surface area (Å²) in [5.41, 5.74) is 19.0. The van der Waals surface area contributed by atoms with Crippen molar-refractivity contribution in [2.24, 2.45) is 20.0 Å². The number of benzene rings is 4. The predicted molar refractivity (Wildman–Crippen MR) is 458 cm³/mol. The number of carboxylic acids is 1. The lowest BCUT2D eigenvalue weighted by atomic mass is 10.0. The molecule has 0 spiro atoms. The number of ketones is 1. The van der Waals surface area contributed by atoms with Gasteiger partial charge >= 0.3 is 5.97 Å². The van der Waals surface area contributed by atoms with Crippen molar-refractivity contribution in [3.63, 3.8) is 0 Å². The summed E-state index contributed by atoms with van der Waals surface area (Å²) in [6.07, 6.45) is 11.2. The summed E-state index contributed by atoms with van der Waals surface area (Å²) in [4.78, 5) is 74.0. The van der Waals surface area contributed by atoms with E-state index in [0.717, 1.165) is 189 Å². The molecule has 5 aliphatic rings. The number of aromatic amines is 8. The van der Waals surface area contributed by atoms with E-state index in [1.54, 1.807) is 40.6 Å². The second-order valence-electron chi connectivity index (χ2n) is 29.2. The van der Waals surface area contributed by atoms with E-state index in [4.69, 9.17) is 43.4 Å². The number of hydrogen-bond donors (Lipinski definition) is 9. The van der Waals surface area contributed by atoms with Gasteiger partial charge in [0, 0.05) is 121 Å². The number of nitrogens with zero attached hydrogens (tertiary/aromatic N) is 5. The number of aryl methyl sites for hydroxylation is 8. The number of nitrogens with one attached hydrogen (secondary N) is 8. The van der Waals surface area contributed by atoms with Gasteiger partial charge in [0.15, 0.2) is 5.78 Å². The fourth-order valence-corrected chi connectivity index (χ4v) is 15.9. The number of morpholine rings is 1. The molecule has 23 heteroatoms. The molecule has 594 valence electrons. The third kappa shape index (κ3) is 16.9. The summed E-state index contributed by atoms with van der Waals surface area (Å²) in [5.74, 6) is 2.75. The second-order valence-corrected chi connectivity index (χ2v) is 30.0. The molecule has 22 nitrogen and oxygen atoms in total. The van der Waals surface area contributed by atoms with E-state index < -0.39 is 5.97 Å². The number of H-pyrrole nitrogens is 8. The van der Waals surface area contributed by atoms with Crippen molar-refractivity contribution in [1.29, 1.82) is 0 Å². The maximum absolute atomic E-state index is 13.4. The molecule has 0 saturated carbocycles. The molecule has 9 aromatic heterocycles. The van der Waals surface area contributed by atoms with Gasteiger partial charge in [-0.25, -0.2) is 24.8 Å². The Labute approximate surface area is 677 Å². The Hall–Kier alpha value is -13.5. The van der Waals surface area contributed by atoms with Gasteiger partial charge in [-0.1, -0.05) is 54.6 Å². The number of Topliss-reactive ketones (excluding diaryl/α,β-unsaturated/α-hetero) is 1. The average Bonchev–Trinajstić information content (AvgIpc) is 1.59. The fourth-order valence-electron chi connectivity index (χ4n) is 15.3. The van der Waals surface area contributed by atoms with E-state index in [0.29, 0.717) is 56.6 Å². The number of aliphatic carboxylic acids is 1. The van der Waals surface area contributed by atoms with Crippen LogP contribution in [0.1, 0.15) is 91.5 Å². The second kappa shape index (κ2) is 34.3. The number of hydrogen-bond acceptors (Lipinski definition) is 14. The zero-order valence-corrected chi connectivity index (χ0v) is 68.5. The molecular formula is C94H93N13O9S. The van der Waals surface area contributed by atoms with Crippen LogP contribution in [0.3, 0.4) is 0 Å². The number of thiophene rings is 1. The molecule has 4 aromatic carbocycles. The average molecular weight is 1580 g/mol. The van der Waals surface area contributed by atoms with Gasteiger partial charge in [-0.05, 0) is 199 Å². The maximum Gasteiger partial charge on any atom is 0.338 e. The van der Waals surface area contributed by atoms with Crippen LogP contribution in [0.5, 0.6) is 28.7 Å². The molecule has 0 unspecified atom stereocenters. The molecule has 13 aromatic rings. The van der Waals surface area contributed by atoms with E-state index in [1.807, 2.05) is 129 Å². The van der Waals surface area contributed by atoms with Crippen LogP contribution >= 0.6 is 11.3 Å². The summed E-state index contributed by atoms with van der Waals surface area (Å²) >= 11 is 1.51. The summed E-state index contributed by atoms with van der Waals surface area (Å²) in [7, 11) is 6.57. The van der Waals surface area contributed by atoms with Gasteiger partial charge in [0.25, 0.3) is 0 Å². The lowest BCUT2D eigenvalue weighted by Crippen LogP contribution is -2.37. The zero-order valence-electron chi connectivity index (χ0n) is 67.7. The van der Waals surface area contributed by atoms with Gasteiger partial charge in [-0.15, -0.1) is 0 Å². The molecule has 9 N–H and O–H groups in total. The maximum atomic E-state index is 13.4. The highest BCUT2D eigenvalue weighted by Gasteiger charge is 2.26. The molecule has 0 aliphatic carbocycles. The van der Waals surface area contributed by atoms with Gasteiger partial charge in [0.05, 0.1) is 141 Å². The Balaban J connectivity index is 0.000000123. The van der Waals surface area contributed by atoms with Gasteiger partial charge < -0.3 is 73.4 Å². The molecule has 117 heavy (non-hydrogen) atoms. The molecule has 14 heterocycles. The van der Waals surface area contributed by atoms with Crippen molar-refractivity contribution in [2.45, 2.75) is 68.7 Å². The Morgan fingerprint density at radius 1 is 0.479 bits per heavy atom. The first kappa shape index (κ1) is 78.8. The summed E-state index contributed by atoms with van der Waals surface area (Å²) in [5, 5.41) is 27.4. The number of carbonyl (C=O) groups excluding carboxylic acids is 1. The lowest BCUT2D eigenvalue weighted by Gasteiger charge is -2.26. The van der Waals surface area contributed by atoms with Crippen molar-refractivity contribution >= 4 is 93.0 Å². The third-order valence-corrected chi connectivity index (χ3v) is 21.6. The number of ether oxygens (including phenoxy) is 6. The van der Waals surface area contributed by atoms with Crippen LogP contribution in [0.4, 0.5) is 0 Å². The molecular weight excluding hydrogens is 1490 g/mol. The largest absolute Gasteiger partial charge is 0.497 e. The molecule has 0 bridgehead atoms. The minimum atomic E-state index is -1.01. The van der Waals surface area contributed by atoms with Gasteiger partial charge in [-0.3, -0.25) is 9.69 Å². The first-order chi connectivity index (χ1) is 56.7. The minimum Gasteiger partial charge on any atom is -0.497 e. The Morgan fingerprint density at radius 3 is 1.38 bits per heavy atom. The van der Waals surface area contributed by atoms with E-state index >= 15 is 0 Å². The number of rotatable bonds is 16. The van der Waals surface area contributed by atoms with Crippen molar-refractivity contribution < 1.29 is 43.1 Å². The Morgan fingerprint density at radius 2 is 0.915 bits per heavy atom. The quantitative estimate of drug-likeness (QED) is 0.0560. The molecule has 5 aliphatic heterocycles. The van der Waals surface area contributed by atoms with Crippen LogP contribution in [-0.4, -0.2) is 130 Å². The minimum absolute atomic E-state index is 0.0279. The van der Waals surface area contributed by atoms with Crippen LogP contribution in [0.15, 0.2) is 176 Å². The number of aromatic nitrogens is 8. The third-order valence-electron chi connectivity index (χ3n) is 21.0. The van der Waals surface area contributed by atoms with E-state index in [1.165, 1.54) is 33.3 Å². The summed E-state index contributed by atoms with van der Waals surface area (Å²) in [6, 6.07) is 47.4. The van der Waals surface area contributed by atoms with Crippen LogP contribution in [-0.2, 0) is 9.53 Å². The number of fused-ring (bicyclic) bond motifs is 4. The van der Waals surface area contributed by atoms with Crippen molar-refractivity contribution in [2.75, 3.05) is 67.9 Å². The van der Waals surface area contributed by atoms with Crippen LogP contribution in [0.25, 0.3) is 69.9 Å². The number of para-hydroxylation sites is 3. The fraction of sp³-hybridized carbons (Fsp3) is 0.213. The van der Waals surface area contributed by atoms with Crippen LogP contribution in [0, 0.1) is 55.4 Å². The first-order valence-corrected chi connectivity index (χ1v) is 39.8. The highest BCUT2D eigenvalue weighted by molar-refractivity contribution is 7.08. The van der Waals surface area contributed by atoms with Gasteiger partial charge in [0.1, 0.15) is 34.4 Å². The van der Waals surface area contributed by atoms with E-state index in [2.05, 4.69) is 157 Å². The zero-order chi connectivity index (χ0) is 81.7. The highest BCUT2D eigenvalue weighted by Crippen LogP contribution is 2.24. The number of carbonyl (C=O) groups is 2. The molecule has 1 fully saturated rings. The SMILES string of the molecule is CCOc1cc(=C2N=c3ccccc3=C2CCN2CCOCC2)[nH]/c1=C\c1[nH]c(C)cc1C.COc1cc(=C2N=c3ccccc3=C2C(=O)O)[nH]/c1=C\c1[nH]c(C)cc1C.COc1cc(=C2N=c3ccccc3=C2C(=O)c2ccsc2)[nH]/c1=C\c1[nH]c(C)cc1C.COc1ccc2c(c1)=CC(=c1cc(OC)/c(=C/c3[nH]c(C)cc3C)[nH]1)N=2.